The number of hydrogen-bond donors (Lipinski definition) is 1. The SMILES string of the molecule is CC(C)(C)OC(=O)N1CC(F)C(C(N)=O)C1. The van der Waals surface area contributed by atoms with Gasteiger partial charge < -0.3 is 15.4 Å². The van der Waals surface area contributed by atoms with Crippen molar-refractivity contribution in [3.63, 3.8) is 0 Å². The maximum atomic E-state index is 13.3. The van der Waals surface area contributed by atoms with E-state index < -0.39 is 29.7 Å². The van der Waals surface area contributed by atoms with Crippen molar-refractivity contribution >= 4 is 12.0 Å². The van der Waals surface area contributed by atoms with Crippen LogP contribution in [0, 0.1) is 5.92 Å². The molecule has 2 N–H and O–H groups in total. The molecular formula is C10H17FN2O3. The van der Waals surface area contributed by atoms with Gasteiger partial charge in [0.15, 0.2) is 0 Å². The number of carbonyl (C=O) groups excluding carboxylic acids is 2. The van der Waals surface area contributed by atoms with Gasteiger partial charge >= 0.3 is 6.09 Å². The van der Waals surface area contributed by atoms with Crippen LogP contribution in [-0.4, -0.2) is 41.8 Å². The van der Waals surface area contributed by atoms with E-state index in [1.807, 2.05) is 0 Å². The topological polar surface area (TPSA) is 72.6 Å². The van der Waals surface area contributed by atoms with Crippen molar-refractivity contribution in [2.24, 2.45) is 11.7 Å². The Kier molecular flexibility index (Phi) is 3.40. The number of rotatable bonds is 1. The molecule has 1 fully saturated rings. The third kappa shape index (κ3) is 3.08. The molecule has 0 aromatic rings. The first-order valence-electron chi connectivity index (χ1n) is 5.12. The van der Waals surface area contributed by atoms with Crippen molar-refractivity contribution in [1.82, 2.24) is 4.90 Å². The fourth-order valence-electron chi connectivity index (χ4n) is 1.51. The number of halogens is 1. The molecule has 2 unspecified atom stereocenters. The lowest BCUT2D eigenvalue weighted by atomic mass is 10.1. The Bertz CT molecular complexity index is 301. The summed E-state index contributed by atoms with van der Waals surface area (Å²) in [7, 11) is 0. The van der Waals surface area contributed by atoms with Gasteiger partial charge in [-0.05, 0) is 20.8 Å². The number of alkyl halides is 1. The third-order valence-electron chi connectivity index (χ3n) is 2.27. The van der Waals surface area contributed by atoms with Crippen molar-refractivity contribution < 1.29 is 18.7 Å². The predicted octanol–water partition coefficient (Wildman–Crippen LogP) is 0.677. The minimum atomic E-state index is -1.40. The molecular weight excluding hydrogens is 215 g/mol. The van der Waals surface area contributed by atoms with Gasteiger partial charge in [-0.2, -0.15) is 0 Å². The van der Waals surface area contributed by atoms with E-state index in [0.717, 1.165) is 0 Å². The number of nitrogens with two attached hydrogens (primary N) is 1. The van der Waals surface area contributed by atoms with Crippen LogP contribution in [0.1, 0.15) is 20.8 Å². The molecule has 92 valence electrons. The first-order chi connectivity index (χ1) is 7.20. The maximum absolute atomic E-state index is 13.3. The normalized spacial score (nSPS) is 25.6. The van der Waals surface area contributed by atoms with Gasteiger partial charge in [-0.25, -0.2) is 9.18 Å². The number of ether oxygens (including phenoxy) is 1. The molecule has 0 radical (unpaired) electrons. The van der Waals surface area contributed by atoms with Gasteiger partial charge in [-0.3, -0.25) is 4.79 Å². The van der Waals surface area contributed by atoms with Gasteiger partial charge in [0.2, 0.25) is 5.91 Å². The van der Waals surface area contributed by atoms with Gasteiger partial charge in [-0.15, -0.1) is 0 Å². The van der Waals surface area contributed by atoms with Crippen molar-refractivity contribution in [3.05, 3.63) is 0 Å². The first kappa shape index (κ1) is 12.7. The first-order valence-corrected chi connectivity index (χ1v) is 5.12. The molecule has 1 aliphatic heterocycles. The molecule has 0 bridgehead atoms. The molecule has 1 heterocycles. The van der Waals surface area contributed by atoms with Gasteiger partial charge in [0.1, 0.15) is 11.8 Å². The Labute approximate surface area is 93.7 Å². The fraction of sp³-hybridized carbons (Fsp3) is 0.800. The second-order valence-electron chi connectivity index (χ2n) is 4.91. The summed E-state index contributed by atoms with van der Waals surface area (Å²) in [5.41, 5.74) is 4.39. The Morgan fingerprint density at radius 3 is 2.31 bits per heavy atom. The molecule has 1 rings (SSSR count). The summed E-state index contributed by atoms with van der Waals surface area (Å²) < 4.78 is 18.4. The molecule has 2 amide bonds. The van der Waals surface area contributed by atoms with Crippen LogP contribution in [0.3, 0.4) is 0 Å². The molecule has 0 aliphatic carbocycles. The fourth-order valence-corrected chi connectivity index (χ4v) is 1.51. The van der Waals surface area contributed by atoms with Crippen molar-refractivity contribution in [2.45, 2.75) is 32.5 Å². The summed E-state index contributed by atoms with van der Waals surface area (Å²) in [5, 5.41) is 0. The van der Waals surface area contributed by atoms with Crippen LogP contribution < -0.4 is 5.73 Å². The molecule has 1 saturated heterocycles. The van der Waals surface area contributed by atoms with E-state index >= 15 is 0 Å². The smallest absolute Gasteiger partial charge is 0.410 e. The zero-order valence-corrected chi connectivity index (χ0v) is 9.70. The van der Waals surface area contributed by atoms with E-state index in [-0.39, 0.29) is 13.1 Å². The molecule has 0 spiro atoms. The highest BCUT2D eigenvalue weighted by molar-refractivity contribution is 5.79. The molecule has 1 aliphatic rings. The number of primary amides is 1. The van der Waals surface area contributed by atoms with Crippen LogP contribution >= 0.6 is 0 Å². The van der Waals surface area contributed by atoms with Crippen LogP contribution in [0.4, 0.5) is 9.18 Å². The molecule has 0 aromatic heterocycles. The summed E-state index contributed by atoms with van der Waals surface area (Å²) in [5.74, 6) is -1.65. The summed E-state index contributed by atoms with van der Waals surface area (Å²) in [4.78, 5) is 23.6. The quantitative estimate of drug-likeness (QED) is 0.722. The van der Waals surface area contributed by atoms with E-state index in [9.17, 15) is 14.0 Å². The second kappa shape index (κ2) is 4.27. The monoisotopic (exact) mass is 232 g/mol. The molecule has 2 atom stereocenters. The van der Waals surface area contributed by atoms with Crippen LogP contribution in [-0.2, 0) is 9.53 Å². The van der Waals surface area contributed by atoms with Gasteiger partial charge in [0.25, 0.3) is 0 Å². The second-order valence-corrected chi connectivity index (χ2v) is 4.91. The van der Waals surface area contributed by atoms with E-state index in [4.69, 9.17) is 10.5 Å². The number of hydrogen-bond acceptors (Lipinski definition) is 3. The van der Waals surface area contributed by atoms with Gasteiger partial charge in [-0.1, -0.05) is 0 Å². The Balaban J connectivity index is 2.58. The van der Waals surface area contributed by atoms with Crippen LogP contribution in [0.5, 0.6) is 0 Å². The third-order valence-corrected chi connectivity index (χ3v) is 2.27. The Morgan fingerprint density at radius 1 is 1.38 bits per heavy atom. The average Bonchev–Trinajstić information content (AvgIpc) is 2.44. The van der Waals surface area contributed by atoms with E-state index in [2.05, 4.69) is 0 Å². The van der Waals surface area contributed by atoms with E-state index in [0.29, 0.717) is 0 Å². The summed E-state index contributed by atoms with van der Waals surface area (Å²) in [6, 6.07) is 0. The largest absolute Gasteiger partial charge is 0.444 e. The van der Waals surface area contributed by atoms with E-state index in [1.165, 1.54) is 4.90 Å². The summed E-state index contributed by atoms with van der Waals surface area (Å²) >= 11 is 0. The number of nitrogens with zero attached hydrogens (tertiary/aromatic N) is 1. The van der Waals surface area contributed by atoms with Crippen molar-refractivity contribution in [3.8, 4) is 0 Å². The van der Waals surface area contributed by atoms with Gasteiger partial charge in [0, 0.05) is 6.54 Å². The predicted molar refractivity (Wildman–Crippen MR) is 55.4 cm³/mol. The highest BCUT2D eigenvalue weighted by Gasteiger charge is 2.40. The number of amides is 2. The minimum absolute atomic E-state index is 0.00852. The van der Waals surface area contributed by atoms with Gasteiger partial charge in [0.05, 0.1) is 12.5 Å². The molecule has 16 heavy (non-hydrogen) atoms. The molecule has 6 heteroatoms. The van der Waals surface area contributed by atoms with Crippen LogP contribution in [0.25, 0.3) is 0 Å². The zero-order valence-electron chi connectivity index (χ0n) is 9.70. The lowest BCUT2D eigenvalue weighted by Gasteiger charge is -2.24. The highest BCUT2D eigenvalue weighted by atomic mass is 19.1. The number of carbonyl (C=O) groups is 2. The number of likely N-dealkylation sites (tertiary alicyclic amines) is 1. The highest BCUT2D eigenvalue weighted by Crippen LogP contribution is 2.21. The van der Waals surface area contributed by atoms with Crippen LogP contribution in [0.2, 0.25) is 0 Å². The molecule has 5 nitrogen and oxygen atoms in total. The lowest BCUT2D eigenvalue weighted by molar-refractivity contribution is -0.122. The summed E-state index contributed by atoms with van der Waals surface area (Å²) in [6.45, 7) is 5.02. The summed E-state index contributed by atoms with van der Waals surface area (Å²) in [6.07, 6.45) is -2.01. The maximum Gasteiger partial charge on any atom is 0.410 e. The molecule has 0 saturated carbocycles. The average molecular weight is 232 g/mol. The molecule has 0 aromatic carbocycles. The van der Waals surface area contributed by atoms with Crippen molar-refractivity contribution in [2.75, 3.05) is 13.1 Å². The standard InChI is InChI=1S/C10H17FN2O3/c1-10(2,3)16-9(15)13-4-6(8(12)14)7(11)5-13/h6-7H,4-5H2,1-3H3,(H2,12,14). The zero-order chi connectivity index (χ0) is 12.5. The lowest BCUT2D eigenvalue weighted by Crippen LogP contribution is -2.36. The Morgan fingerprint density at radius 2 is 1.94 bits per heavy atom. The minimum Gasteiger partial charge on any atom is -0.444 e. The Hall–Kier alpha value is -1.33. The van der Waals surface area contributed by atoms with Crippen molar-refractivity contribution in [1.29, 1.82) is 0 Å². The van der Waals surface area contributed by atoms with E-state index in [1.54, 1.807) is 20.8 Å². The van der Waals surface area contributed by atoms with Crippen LogP contribution in [0.15, 0.2) is 0 Å².